The molecule has 1 aliphatic carbocycles. The highest BCUT2D eigenvalue weighted by Gasteiger charge is 2.35. The Labute approximate surface area is 159 Å². The van der Waals surface area contributed by atoms with Crippen LogP contribution in [-0.4, -0.2) is 45.9 Å². The van der Waals surface area contributed by atoms with E-state index < -0.39 is 15.6 Å². The first kappa shape index (κ1) is 19.1. The van der Waals surface area contributed by atoms with Gasteiger partial charge in [0.2, 0.25) is 0 Å². The van der Waals surface area contributed by atoms with Gasteiger partial charge in [-0.25, -0.2) is 8.42 Å². The summed E-state index contributed by atoms with van der Waals surface area (Å²) in [6.07, 6.45) is 4.25. The molecule has 0 N–H and O–H groups in total. The zero-order chi connectivity index (χ0) is 18.9. The molecule has 0 aliphatic heterocycles. The van der Waals surface area contributed by atoms with E-state index in [0.29, 0.717) is 15.8 Å². The van der Waals surface area contributed by atoms with Gasteiger partial charge in [-0.2, -0.15) is 0 Å². The number of carbonyl (C=O) groups excluding carboxylic acids is 1. The molecule has 1 fully saturated rings. The Bertz CT molecular complexity index is 933. The third-order valence-electron chi connectivity index (χ3n) is 4.00. The third-order valence-corrected chi connectivity index (χ3v) is 5.78. The maximum Gasteiger partial charge on any atom is 0.199 e. The van der Waals surface area contributed by atoms with Crippen molar-refractivity contribution in [1.82, 2.24) is 5.16 Å². The minimum absolute atomic E-state index is 0.0354. The van der Waals surface area contributed by atoms with Gasteiger partial charge < -0.3 is 14.0 Å². The number of ketones is 1. The lowest BCUT2D eigenvalue weighted by Crippen LogP contribution is -2.14. The van der Waals surface area contributed by atoms with E-state index in [4.69, 9.17) is 14.0 Å². The Hall–Kier alpha value is -1.71. The number of ether oxygens (including phenoxy) is 2. The van der Waals surface area contributed by atoms with Crippen LogP contribution in [-0.2, 0) is 14.6 Å². The summed E-state index contributed by atoms with van der Waals surface area (Å²) in [5.74, 6) is 0.336. The first-order chi connectivity index (χ1) is 12.3. The van der Waals surface area contributed by atoms with Gasteiger partial charge >= 0.3 is 0 Å². The molecule has 0 saturated heterocycles. The van der Waals surface area contributed by atoms with Crippen molar-refractivity contribution in [2.75, 3.05) is 26.6 Å². The Kier molecular flexibility index (Phi) is 5.50. The summed E-state index contributed by atoms with van der Waals surface area (Å²) >= 11 is 3.30. The van der Waals surface area contributed by atoms with Gasteiger partial charge in [-0.1, -0.05) is 5.16 Å². The molecule has 140 valence electrons. The van der Waals surface area contributed by atoms with Gasteiger partial charge in [0, 0.05) is 24.8 Å². The van der Waals surface area contributed by atoms with E-state index in [0.717, 1.165) is 19.1 Å². The number of sulfone groups is 1. The third kappa shape index (κ3) is 3.84. The predicted molar refractivity (Wildman–Crippen MR) is 96.5 cm³/mol. The molecule has 1 saturated carbocycles. The maximum atomic E-state index is 13.1. The molecule has 1 aromatic heterocycles. The number of aromatic nitrogens is 1. The van der Waals surface area contributed by atoms with Crippen LogP contribution in [0.15, 0.2) is 32.2 Å². The molecule has 0 atom stereocenters. The molecule has 0 radical (unpaired) electrons. The van der Waals surface area contributed by atoms with E-state index >= 15 is 0 Å². The van der Waals surface area contributed by atoms with Crippen molar-refractivity contribution in [1.29, 1.82) is 0 Å². The summed E-state index contributed by atoms with van der Waals surface area (Å²) in [5, 5.41) is 3.72. The van der Waals surface area contributed by atoms with Gasteiger partial charge in [0.1, 0.15) is 11.5 Å². The van der Waals surface area contributed by atoms with Crippen molar-refractivity contribution < 1.29 is 27.2 Å². The Morgan fingerprint density at radius 2 is 2.04 bits per heavy atom. The molecule has 1 heterocycles. The zero-order valence-electron chi connectivity index (χ0n) is 14.3. The number of hydrogen-bond acceptors (Lipinski definition) is 7. The number of hydrogen-bond donors (Lipinski definition) is 0. The van der Waals surface area contributed by atoms with E-state index in [-0.39, 0.29) is 35.3 Å². The SMILES string of the molecule is COCCOc1c(Br)ccc(C(=O)c2cnoc2C2CC2)c1S(C)(=O)=O. The van der Waals surface area contributed by atoms with Crippen molar-refractivity contribution in [3.8, 4) is 5.75 Å². The van der Waals surface area contributed by atoms with E-state index in [1.54, 1.807) is 6.07 Å². The normalized spacial score (nSPS) is 14.4. The van der Waals surface area contributed by atoms with Crippen molar-refractivity contribution in [2.24, 2.45) is 0 Å². The number of rotatable bonds is 8. The van der Waals surface area contributed by atoms with Gasteiger partial charge in [-0.15, -0.1) is 0 Å². The maximum absolute atomic E-state index is 13.1. The summed E-state index contributed by atoms with van der Waals surface area (Å²) < 4.78 is 41.1. The largest absolute Gasteiger partial charge is 0.489 e. The smallest absolute Gasteiger partial charge is 0.199 e. The summed E-state index contributed by atoms with van der Waals surface area (Å²) in [7, 11) is -2.23. The van der Waals surface area contributed by atoms with Crippen LogP contribution in [0.1, 0.15) is 40.4 Å². The van der Waals surface area contributed by atoms with Gasteiger partial charge in [-0.05, 0) is 40.9 Å². The fraction of sp³-hybridized carbons (Fsp3) is 0.412. The van der Waals surface area contributed by atoms with Crippen LogP contribution in [0.5, 0.6) is 5.75 Å². The molecule has 2 aromatic rings. The number of halogens is 1. The molecule has 1 aliphatic rings. The lowest BCUT2D eigenvalue weighted by Gasteiger charge is -2.15. The zero-order valence-corrected chi connectivity index (χ0v) is 16.7. The summed E-state index contributed by atoms with van der Waals surface area (Å²) in [6, 6.07) is 3.06. The standard InChI is InChI=1S/C17H18BrNO6S/c1-23-7-8-24-16-13(18)6-5-11(17(16)26(2,21)22)14(20)12-9-19-25-15(12)10-3-4-10/h5-6,9-10H,3-4,7-8H2,1-2H3. The van der Waals surface area contributed by atoms with Crippen molar-refractivity contribution in [2.45, 2.75) is 23.7 Å². The van der Waals surface area contributed by atoms with Gasteiger partial charge in [0.05, 0.1) is 22.8 Å². The first-order valence-corrected chi connectivity index (χ1v) is 10.7. The number of carbonyl (C=O) groups is 1. The van der Waals surface area contributed by atoms with Crippen LogP contribution in [0.4, 0.5) is 0 Å². The minimum atomic E-state index is -3.74. The van der Waals surface area contributed by atoms with Gasteiger partial charge in [0.15, 0.2) is 27.1 Å². The Balaban J connectivity index is 2.10. The summed E-state index contributed by atoms with van der Waals surface area (Å²) in [4.78, 5) is 12.9. The molecular formula is C17H18BrNO6S. The minimum Gasteiger partial charge on any atom is -0.489 e. The van der Waals surface area contributed by atoms with E-state index in [2.05, 4.69) is 21.1 Å². The lowest BCUT2D eigenvalue weighted by atomic mass is 10.0. The van der Waals surface area contributed by atoms with Crippen LogP contribution in [0.3, 0.4) is 0 Å². The monoisotopic (exact) mass is 443 g/mol. The molecule has 0 bridgehead atoms. The molecule has 3 rings (SSSR count). The molecule has 26 heavy (non-hydrogen) atoms. The molecular weight excluding hydrogens is 426 g/mol. The first-order valence-electron chi connectivity index (χ1n) is 7.98. The van der Waals surface area contributed by atoms with Crippen LogP contribution >= 0.6 is 15.9 Å². The molecule has 0 amide bonds. The van der Waals surface area contributed by atoms with Gasteiger partial charge in [0.25, 0.3) is 0 Å². The highest BCUT2D eigenvalue weighted by atomic mass is 79.9. The van der Waals surface area contributed by atoms with E-state index in [9.17, 15) is 13.2 Å². The van der Waals surface area contributed by atoms with Crippen LogP contribution in [0.25, 0.3) is 0 Å². The number of benzene rings is 1. The average molecular weight is 444 g/mol. The number of nitrogens with zero attached hydrogens (tertiary/aromatic N) is 1. The van der Waals surface area contributed by atoms with Crippen molar-refractivity contribution in [3.05, 3.63) is 39.7 Å². The Morgan fingerprint density at radius 3 is 2.65 bits per heavy atom. The summed E-state index contributed by atoms with van der Waals surface area (Å²) in [6.45, 7) is 0.432. The van der Waals surface area contributed by atoms with E-state index in [1.165, 1.54) is 19.4 Å². The van der Waals surface area contributed by atoms with Crippen LogP contribution in [0.2, 0.25) is 0 Å². The number of methoxy groups -OCH3 is 1. The highest BCUT2D eigenvalue weighted by molar-refractivity contribution is 9.10. The molecule has 7 nitrogen and oxygen atoms in total. The average Bonchev–Trinajstić information content (AvgIpc) is 3.31. The van der Waals surface area contributed by atoms with Crippen LogP contribution in [0, 0.1) is 0 Å². The van der Waals surface area contributed by atoms with E-state index in [1.807, 2.05) is 0 Å². The molecule has 1 aromatic carbocycles. The second-order valence-corrected chi connectivity index (χ2v) is 8.88. The Morgan fingerprint density at radius 1 is 1.31 bits per heavy atom. The fourth-order valence-electron chi connectivity index (χ4n) is 2.65. The predicted octanol–water partition coefficient (Wildman–Crippen LogP) is 2.97. The second kappa shape index (κ2) is 7.50. The summed E-state index contributed by atoms with van der Waals surface area (Å²) in [5.41, 5.74) is 0.329. The molecule has 0 unspecified atom stereocenters. The molecule has 9 heteroatoms. The van der Waals surface area contributed by atoms with Crippen molar-refractivity contribution in [3.63, 3.8) is 0 Å². The second-order valence-electron chi connectivity index (χ2n) is 6.07. The van der Waals surface area contributed by atoms with Gasteiger partial charge in [-0.3, -0.25) is 4.79 Å². The lowest BCUT2D eigenvalue weighted by molar-refractivity contribution is 0.103. The molecule has 0 spiro atoms. The highest BCUT2D eigenvalue weighted by Crippen LogP contribution is 2.43. The van der Waals surface area contributed by atoms with Crippen LogP contribution < -0.4 is 4.74 Å². The van der Waals surface area contributed by atoms with Crippen molar-refractivity contribution >= 4 is 31.6 Å². The fourth-order valence-corrected chi connectivity index (χ4v) is 4.29. The topological polar surface area (TPSA) is 95.7 Å². The quantitative estimate of drug-likeness (QED) is 0.456.